The van der Waals surface area contributed by atoms with Gasteiger partial charge in [-0.1, -0.05) is 13.3 Å². The maximum atomic E-state index is 13.3. The molecule has 0 radical (unpaired) electrons. The van der Waals surface area contributed by atoms with Crippen molar-refractivity contribution in [1.82, 2.24) is 19.8 Å². The Balaban J connectivity index is 1.29. The predicted molar refractivity (Wildman–Crippen MR) is 120 cm³/mol. The first-order valence-electron chi connectivity index (χ1n) is 11.7. The summed E-state index contributed by atoms with van der Waals surface area (Å²) in [6.07, 6.45) is 11.4. The minimum atomic E-state index is 0.107. The fraction of sp³-hybridized carbons (Fsp3) is 0.625. The smallest absolute Gasteiger partial charge is 0.250 e. The summed E-state index contributed by atoms with van der Waals surface area (Å²) in [4.78, 5) is 29.5. The number of piperazine rings is 1. The summed E-state index contributed by atoms with van der Waals surface area (Å²) in [6.45, 7) is 7.67. The summed E-state index contributed by atoms with van der Waals surface area (Å²) < 4.78 is 5.36. The van der Waals surface area contributed by atoms with Gasteiger partial charge in [0.1, 0.15) is 17.9 Å². The lowest BCUT2D eigenvalue weighted by molar-refractivity contribution is -0.128. The molecule has 1 saturated heterocycles. The Kier molecular flexibility index (Phi) is 5.69. The van der Waals surface area contributed by atoms with Gasteiger partial charge in [-0.2, -0.15) is 0 Å². The van der Waals surface area contributed by atoms with Crippen LogP contribution < -0.4 is 4.90 Å². The SMILES string of the molecule is COC1=CCC(C)C(C(=O)N2CCc3c(ncnc3N3CCN(C4CCC4)CC3)C2)=C1. The van der Waals surface area contributed by atoms with E-state index in [2.05, 4.69) is 32.8 Å². The molecular formula is C24H33N5O2. The zero-order valence-corrected chi connectivity index (χ0v) is 18.7. The number of carbonyl (C=O) groups is 1. The molecule has 2 aliphatic heterocycles. The van der Waals surface area contributed by atoms with Crippen LogP contribution in [0.3, 0.4) is 0 Å². The number of fused-ring (bicyclic) bond motifs is 1. The first kappa shape index (κ1) is 20.5. The molecule has 166 valence electrons. The van der Waals surface area contributed by atoms with Gasteiger partial charge >= 0.3 is 0 Å². The van der Waals surface area contributed by atoms with E-state index in [1.54, 1.807) is 13.4 Å². The van der Waals surface area contributed by atoms with Crippen LogP contribution in [0.25, 0.3) is 0 Å². The maximum absolute atomic E-state index is 13.3. The molecule has 1 amide bonds. The van der Waals surface area contributed by atoms with Crippen LogP contribution in [0.5, 0.6) is 0 Å². The van der Waals surface area contributed by atoms with Gasteiger partial charge in [0, 0.05) is 49.9 Å². The number of aromatic nitrogens is 2. The van der Waals surface area contributed by atoms with Crippen molar-refractivity contribution in [2.45, 2.75) is 51.6 Å². The van der Waals surface area contributed by atoms with Crippen molar-refractivity contribution in [3.8, 4) is 0 Å². The minimum absolute atomic E-state index is 0.107. The van der Waals surface area contributed by atoms with Crippen LogP contribution in [-0.2, 0) is 22.5 Å². The average molecular weight is 424 g/mol. The third-order valence-corrected chi connectivity index (χ3v) is 7.46. The molecule has 0 N–H and O–H groups in total. The van der Waals surface area contributed by atoms with Crippen LogP contribution in [-0.4, -0.2) is 71.6 Å². The summed E-state index contributed by atoms with van der Waals surface area (Å²) in [5.74, 6) is 2.18. The number of amides is 1. The van der Waals surface area contributed by atoms with Crippen LogP contribution in [0, 0.1) is 5.92 Å². The van der Waals surface area contributed by atoms with Crippen LogP contribution in [0.1, 0.15) is 43.9 Å². The van der Waals surface area contributed by atoms with Gasteiger partial charge < -0.3 is 14.5 Å². The molecule has 1 aromatic heterocycles. The van der Waals surface area contributed by atoms with Crippen molar-refractivity contribution in [2.24, 2.45) is 5.92 Å². The van der Waals surface area contributed by atoms with E-state index in [-0.39, 0.29) is 11.8 Å². The van der Waals surface area contributed by atoms with Gasteiger partial charge in [-0.05, 0) is 43.8 Å². The van der Waals surface area contributed by atoms with Crippen molar-refractivity contribution in [1.29, 1.82) is 0 Å². The van der Waals surface area contributed by atoms with Crippen molar-refractivity contribution in [2.75, 3.05) is 44.7 Å². The van der Waals surface area contributed by atoms with Gasteiger partial charge in [0.05, 0.1) is 19.3 Å². The number of hydrogen-bond acceptors (Lipinski definition) is 6. The molecule has 0 spiro atoms. The summed E-state index contributed by atoms with van der Waals surface area (Å²) in [6, 6.07) is 0.811. The van der Waals surface area contributed by atoms with Gasteiger partial charge in [-0.25, -0.2) is 9.97 Å². The molecule has 4 aliphatic rings. The fourth-order valence-electron chi connectivity index (χ4n) is 5.21. The molecule has 7 heteroatoms. The number of anilines is 1. The topological polar surface area (TPSA) is 61.8 Å². The molecule has 0 aromatic carbocycles. The quantitative estimate of drug-likeness (QED) is 0.742. The normalized spacial score (nSPS) is 24.8. The lowest BCUT2D eigenvalue weighted by Gasteiger charge is -2.43. The lowest BCUT2D eigenvalue weighted by Crippen LogP contribution is -2.52. The van der Waals surface area contributed by atoms with Crippen LogP contribution in [0.4, 0.5) is 5.82 Å². The highest BCUT2D eigenvalue weighted by atomic mass is 16.5. The number of hydrogen-bond donors (Lipinski definition) is 0. The number of carbonyl (C=O) groups excluding carboxylic acids is 1. The third kappa shape index (κ3) is 3.95. The first-order chi connectivity index (χ1) is 15.1. The molecule has 1 unspecified atom stereocenters. The highest BCUT2D eigenvalue weighted by Crippen LogP contribution is 2.31. The number of ether oxygens (including phenoxy) is 1. The maximum Gasteiger partial charge on any atom is 0.250 e. The number of nitrogens with zero attached hydrogens (tertiary/aromatic N) is 5. The molecule has 1 atom stereocenters. The third-order valence-electron chi connectivity index (χ3n) is 7.46. The van der Waals surface area contributed by atoms with E-state index >= 15 is 0 Å². The number of rotatable bonds is 4. The van der Waals surface area contributed by atoms with Gasteiger partial charge in [-0.15, -0.1) is 0 Å². The monoisotopic (exact) mass is 423 g/mol. The average Bonchev–Trinajstić information content (AvgIpc) is 2.77. The molecule has 2 fully saturated rings. The molecule has 0 bridgehead atoms. The standard InChI is InChI=1S/C24H33N5O2/c1-17-6-7-19(31-2)14-21(17)24(30)29-9-8-20-22(15-29)25-16-26-23(20)28-12-10-27(11-13-28)18-4-3-5-18/h7,14,16-18H,3-6,8-13,15H2,1-2H3. The van der Waals surface area contributed by atoms with Crippen molar-refractivity contribution in [3.05, 3.63) is 41.1 Å². The highest BCUT2D eigenvalue weighted by molar-refractivity contribution is 5.94. The van der Waals surface area contributed by atoms with Crippen LogP contribution in [0.15, 0.2) is 29.8 Å². The molecular weight excluding hydrogens is 390 g/mol. The van der Waals surface area contributed by atoms with Crippen LogP contribution >= 0.6 is 0 Å². The Labute approximate surface area is 184 Å². The number of allylic oxidation sites excluding steroid dienone is 2. The van der Waals surface area contributed by atoms with Gasteiger partial charge in [0.15, 0.2) is 0 Å². The van der Waals surface area contributed by atoms with E-state index in [9.17, 15) is 4.79 Å². The largest absolute Gasteiger partial charge is 0.497 e. The van der Waals surface area contributed by atoms with Crippen LogP contribution in [0.2, 0.25) is 0 Å². The number of methoxy groups -OCH3 is 1. The summed E-state index contributed by atoms with van der Waals surface area (Å²) in [7, 11) is 1.65. The van der Waals surface area contributed by atoms with E-state index in [1.165, 1.54) is 24.8 Å². The van der Waals surface area contributed by atoms with Crippen molar-refractivity contribution < 1.29 is 9.53 Å². The zero-order valence-electron chi connectivity index (χ0n) is 18.7. The van der Waals surface area contributed by atoms with E-state index in [0.717, 1.165) is 67.9 Å². The molecule has 7 nitrogen and oxygen atoms in total. The Morgan fingerprint density at radius 2 is 1.94 bits per heavy atom. The molecule has 31 heavy (non-hydrogen) atoms. The fourth-order valence-corrected chi connectivity index (χ4v) is 5.21. The van der Waals surface area contributed by atoms with Crippen molar-refractivity contribution >= 4 is 11.7 Å². The highest BCUT2D eigenvalue weighted by Gasteiger charge is 2.32. The summed E-state index contributed by atoms with van der Waals surface area (Å²) in [5.41, 5.74) is 3.06. The Morgan fingerprint density at radius 1 is 1.13 bits per heavy atom. The lowest BCUT2D eigenvalue weighted by atomic mass is 9.90. The van der Waals surface area contributed by atoms with Gasteiger partial charge in [0.2, 0.25) is 0 Å². The summed E-state index contributed by atoms with van der Waals surface area (Å²) >= 11 is 0. The molecule has 2 aliphatic carbocycles. The molecule has 3 heterocycles. The second-order valence-electron chi connectivity index (χ2n) is 9.25. The second kappa shape index (κ2) is 8.61. The summed E-state index contributed by atoms with van der Waals surface area (Å²) in [5, 5.41) is 0. The Hall–Kier alpha value is -2.41. The Bertz CT molecular complexity index is 899. The minimum Gasteiger partial charge on any atom is -0.497 e. The van der Waals surface area contributed by atoms with E-state index in [4.69, 9.17) is 4.74 Å². The van der Waals surface area contributed by atoms with Gasteiger partial charge in [-0.3, -0.25) is 9.69 Å². The van der Waals surface area contributed by atoms with E-state index in [1.807, 2.05) is 11.0 Å². The molecule has 5 rings (SSSR count). The molecule has 1 saturated carbocycles. The Morgan fingerprint density at radius 3 is 2.65 bits per heavy atom. The van der Waals surface area contributed by atoms with Crippen molar-refractivity contribution in [3.63, 3.8) is 0 Å². The second-order valence-corrected chi connectivity index (χ2v) is 9.25. The van der Waals surface area contributed by atoms with Gasteiger partial charge in [0.25, 0.3) is 5.91 Å². The van der Waals surface area contributed by atoms with E-state index in [0.29, 0.717) is 13.1 Å². The predicted octanol–water partition coefficient (Wildman–Crippen LogP) is 2.53. The first-order valence-corrected chi connectivity index (χ1v) is 11.7. The zero-order chi connectivity index (χ0) is 21.4. The van der Waals surface area contributed by atoms with E-state index < -0.39 is 0 Å². The molecule has 1 aromatic rings.